The first-order valence-electron chi connectivity index (χ1n) is 7.40. The second-order valence-corrected chi connectivity index (χ2v) is 7.11. The Kier molecular flexibility index (Phi) is 2.95. The molecule has 0 aliphatic carbocycles. The summed E-state index contributed by atoms with van der Waals surface area (Å²) in [5.74, 6) is 0. The molecule has 0 unspecified atom stereocenters. The van der Waals surface area contributed by atoms with Gasteiger partial charge in [-0.05, 0) is 46.2 Å². The van der Waals surface area contributed by atoms with Crippen molar-refractivity contribution in [3.8, 4) is 22.5 Å². The summed E-state index contributed by atoms with van der Waals surface area (Å²) in [6.07, 6.45) is 0. The standard InChI is InChI=1S/C18H11N3OS2/c22-18-17(20-15-8-24-9-16(15)21-18)14-6-12-5-10(1-2-13(12)19-14)11-3-4-23-7-11/h1-9,19H,(H,21,22). The lowest BCUT2D eigenvalue weighted by Crippen LogP contribution is -2.10. The van der Waals surface area contributed by atoms with Crippen LogP contribution in [0.3, 0.4) is 0 Å². The Morgan fingerprint density at radius 2 is 1.83 bits per heavy atom. The van der Waals surface area contributed by atoms with Crippen LogP contribution < -0.4 is 5.56 Å². The first-order valence-corrected chi connectivity index (χ1v) is 9.28. The highest BCUT2D eigenvalue weighted by atomic mass is 32.1. The molecule has 5 rings (SSSR count). The fourth-order valence-electron chi connectivity index (χ4n) is 2.87. The summed E-state index contributed by atoms with van der Waals surface area (Å²) in [5, 5.41) is 9.10. The molecule has 0 atom stereocenters. The first kappa shape index (κ1) is 13.7. The van der Waals surface area contributed by atoms with Gasteiger partial charge in [0.1, 0.15) is 0 Å². The summed E-state index contributed by atoms with van der Waals surface area (Å²) in [6.45, 7) is 0. The van der Waals surface area contributed by atoms with Gasteiger partial charge in [-0.3, -0.25) is 4.79 Å². The van der Waals surface area contributed by atoms with E-state index in [0.717, 1.165) is 27.6 Å². The molecule has 1 aromatic carbocycles. The van der Waals surface area contributed by atoms with Crippen LogP contribution in [0.25, 0.3) is 44.5 Å². The number of aromatic nitrogens is 3. The Balaban J connectivity index is 1.69. The van der Waals surface area contributed by atoms with Gasteiger partial charge in [-0.1, -0.05) is 6.07 Å². The second kappa shape index (κ2) is 5.15. The molecule has 0 aliphatic rings. The van der Waals surface area contributed by atoms with Gasteiger partial charge >= 0.3 is 0 Å². The molecule has 24 heavy (non-hydrogen) atoms. The van der Waals surface area contributed by atoms with Crippen molar-refractivity contribution in [3.05, 3.63) is 62.2 Å². The average Bonchev–Trinajstić information content (AvgIpc) is 3.32. The Bertz CT molecular complexity index is 1230. The van der Waals surface area contributed by atoms with Crippen molar-refractivity contribution in [2.75, 3.05) is 0 Å². The van der Waals surface area contributed by atoms with E-state index in [-0.39, 0.29) is 5.56 Å². The molecule has 0 bridgehead atoms. The molecule has 5 aromatic rings. The van der Waals surface area contributed by atoms with Crippen LogP contribution in [0.15, 0.2) is 56.6 Å². The maximum atomic E-state index is 12.3. The topological polar surface area (TPSA) is 61.5 Å². The van der Waals surface area contributed by atoms with E-state index in [1.807, 2.05) is 22.9 Å². The average molecular weight is 349 g/mol. The van der Waals surface area contributed by atoms with E-state index >= 15 is 0 Å². The molecule has 2 N–H and O–H groups in total. The van der Waals surface area contributed by atoms with Gasteiger partial charge < -0.3 is 9.97 Å². The second-order valence-electron chi connectivity index (χ2n) is 5.58. The fraction of sp³-hybridized carbons (Fsp3) is 0. The number of nitrogens with one attached hydrogen (secondary N) is 2. The Morgan fingerprint density at radius 1 is 0.875 bits per heavy atom. The quantitative estimate of drug-likeness (QED) is 0.478. The van der Waals surface area contributed by atoms with Crippen LogP contribution in [0.4, 0.5) is 0 Å². The normalized spacial score (nSPS) is 11.5. The molecule has 6 heteroatoms. The number of rotatable bonds is 2. The lowest BCUT2D eigenvalue weighted by Gasteiger charge is -1.97. The fourth-order valence-corrected chi connectivity index (χ4v) is 4.23. The molecule has 4 nitrogen and oxygen atoms in total. The van der Waals surface area contributed by atoms with Crippen molar-refractivity contribution >= 4 is 44.6 Å². The van der Waals surface area contributed by atoms with E-state index in [1.54, 1.807) is 11.3 Å². The molecule has 0 amide bonds. The highest BCUT2D eigenvalue weighted by Gasteiger charge is 2.11. The number of nitrogens with zero attached hydrogens (tertiary/aromatic N) is 1. The SMILES string of the molecule is O=c1[nH]c2cscc2nc1-c1cc2cc(-c3ccsc3)ccc2[nH]1. The van der Waals surface area contributed by atoms with Crippen LogP contribution in [0.1, 0.15) is 0 Å². The zero-order valence-corrected chi connectivity index (χ0v) is 14.0. The van der Waals surface area contributed by atoms with Gasteiger partial charge in [-0.15, -0.1) is 11.3 Å². The van der Waals surface area contributed by atoms with Crippen molar-refractivity contribution < 1.29 is 0 Å². The van der Waals surface area contributed by atoms with Crippen LogP contribution in [-0.2, 0) is 0 Å². The van der Waals surface area contributed by atoms with E-state index in [9.17, 15) is 4.79 Å². The first-order chi connectivity index (χ1) is 11.8. The third-order valence-corrected chi connectivity index (χ3v) is 5.48. The predicted octanol–water partition coefficient (Wildman–Crippen LogP) is 4.86. The lowest BCUT2D eigenvalue weighted by molar-refractivity contribution is 1.21. The third kappa shape index (κ3) is 2.11. The molecule has 4 aromatic heterocycles. The summed E-state index contributed by atoms with van der Waals surface area (Å²) in [7, 11) is 0. The predicted molar refractivity (Wildman–Crippen MR) is 101 cm³/mol. The summed E-state index contributed by atoms with van der Waals surface area (Å²) < 4.78 is 0. The maximum absolute atomic E-state index is 12.3. The molecule has 0 aliphatic heterocycles. The molecule has 0 fully saturated rings. The van der Waals surface area contributed by atoms with Crippen LogP contribution in [0.2, 0.25) is 0 Å². The van der Waals surface area contributed by atoms with Crippen LogP contribution in [-0.4, -0.2) is 15.0 Å². The van der Waals surface area contributed by atoms with Gasteiger partial charge in [0.2, 0.25) is 0 Å². The number of H-pyrrole nitrogens is 2. The van der Waals surface area contributed by atoms with Crippen molar-refractivity contribution in [1.29, 1.82) is 0 Å². The molecule has 0 spiro atoms. The van der Waals surface area contributed by atoms with Crippen LogP contribution in [0, 0.1) is 0 Å². The Hall–Kier alpha value is -2.70. The Morgan fingerprint density at radius 3 is 2.71 bits per heavy atom. The molecule has 0 saturated carbocycles. The third-order valence-electron chi connectivity index (χ3n) is 4.07. The minimum absolute atomic E-state index is 0.175. The number of hydrogen-bond donors (Lipinski definition) is 2. The number of fused-ring (bicyclic) bond motifs is 2. The van der Waals surface area contributed by atoms with Crippen LogP contribution in [0.5, 0.6) is 0 Å². The maximum Gasteiger partial charge on any atom is 0.276 e. The van der Waals surface area contributed by atoms with E-state index in [1.165, 1.54) is 22.5 Å². The molecular formula is C18H11N3OS2. The van der Waals surface area contributed by atoms with E-state index in [2.05, 4.69) is 43.9 Å². The monoisotopic (exact) mass is 349 g/mol. The highest BCUT2D eigenvalue weighted by molar-refractivity contribution is 7.09. The van der Waals surface area contributed by atoms with Gasteiger partial charge in [-0.25, -0.2) is 4.98 Å². The molecule has 4 heterocycles. The molecule has 0 saturated heterocycles. The van der Waals surface area contributed by atoms with Gasteiger partial charge in [0.05, 0.1) is 16.7 Å². The van der Waals surface area contributed by atoms with Crippen molar-refractivity contribution in [2.24, 2.45) is 0 Å². The summed E-state index contributed by atoms with van der Waals surface area (Å²) in [6, 6.07) is 10.4. The van der Waals surface area contributed by atoms with Crippen molar-refractivity contribution in [1.82, 2.24) is 15.0 Å². The van der Waals surface area contributed by atoms with E-state index in [4.69, 9.17) is 0 Å². The zero-order valence-electron chi connectivity index (χ0n) is 12.4. The Labute approximate surface area is 144 Å². The minimum Gasteiger partial charge on any atom is -0.353 e. The molecule has 0 radical (unpaired) electrons. The summed E-state index contributed by atoms with van der Waals surface area (Å²) >= 11 is 3.21. The van der Waals surface area contributed by atoms with Gasteiger partial charge in [0, 0.05) is 21.7 Å². The number of thiophene rings is 2. The van der Waals surface area contributed by atoms with E-state index in [0.29, 0.717) is 5.69 Å². The van der Waals surface area contributed by atoms with Gasteiger partial charge in [0.25, 0.3) is 5.56 Å². The van der Waals surface area contributed by atoms with Gasteiger partial charge in [-0.2, -0.15) is 11.3 Å². The summed E-state index contributed by atoms with van der Waals surface area (Å²) in [5.41, 5.74) is 5.96. The zero-order chi connectivity index (χ0) is 16.1. The van der Waals surface area contributed by atoms with Crippen LogP contribution >= 0.6 is 22.7 Å². The number of aromatic amines is 2. The van der Waals surface area contributed by atoms with Gasteiger partial charge in [0.15, 0.2) is 5.69 Å². The molecular weight excluding hydrogens is 338 g/mol. The molecule has 116 valence electrons. The summed E-state index contributed by atoms with van der Waals surface area (Å²) in [4.78, 5) is 23.0. The largest absolute Gasteiger partial charge is 0.353 e. The van der Waals surface area contributed by atoms with Crippen molar-refractivity contribution in [3.63, 3.8) is 0 Å². The lowest BCUT2D eigenvalue weighted by atomic mass is 10.1. The highest BCUT2D eigenvalue weighted by Crippen LogP contribution is 2.28. The smallest absolute Gasteiger partial charge is 0.276 e. The number of benzene rings is 1. The number of hydrogen-bond acceptors (Lipinski definition) is 4. The minimum atomic E-state index is -0.175. The van der Waals surface area contributed by atoms with E-state index < -0.39 is 0 Å². The van der Waals surface area contributed by atoms with Crippen molar-refractivity contribution in [2.45, 2.75) is 0 Å².